The molecule has 1 unspecified atom stereocenters. The lowest BCUT2D eigenvalue weighted by atomic mass is 10.1. The largest absolute Gasteiger partial charge is 0.481 e. The minimum atomic E-state index is -0.689. The van der Waals surface area contributed by atoms with E-state index in [1.165, 1.54) is 44.9 Å². The van der Waals surface area contributed by atoms with Crippen molar-refractivity contribution in [2.45, 2.75) is 123 Å². The zero-order chi connectivity index (χ0) is 20.6. The highest BCUT2D eigenvalue weighted by Gasteiger charge is 2.00. The highest BCUT2D eigenvalue weighted by Crippen LogP contribution is 2.10. The van der Waals surface area contributed by atoms with Crippen molar-refractivity contribution in [2.24, 2.45) is 5.73 Å². The molecule has 27 heavy (non-hydrogen) atoms. The van der Waals surface area contributed by atoms with E-state index < -0.39 is 5.97 Å². The van der Waals surface area contributed by atoms with Crippen LogP contribution in [0, 0.1) is 0 Å². The second-order valence-electron chi connectivity index (χ2n) is 7.41. The van der Waals surface area contributed by atoms with Gasteiger partial charge in [0, 0.05) is 6.42 Å². The van der Waals surface area contributed by atoms with Crippen molar-refractivity contribution < 1.29 is 15.0 Å². The van der Waals surface area contributed by atoms with Gasteiger partial charge in [0.1, 0.15) is 0 Å². The van der Waals surface area contributed by atoms with Crippen molar-refractivity contribution >= 4 is 5.97 Å². The predicted molar refractivity (Wildman–Crippen MR) is 117 cm³/mol. The van der Waals surface area contributed by atoms with E-state index >= 15 is 0 Å². The molecular weight excluding hydrogens is 338 g/mol. The molecular formula is C23H47NO3. The number of aliphatic carboxylic acids is 1. The van der Waals surface area contributed by atoms with Gasteiger partial charge < -0.3 is 15.9 Å². The van der Waals surface area contributed by atoms with Crippen LogP contribution in [0.5, 0.6) is 0 Å². The van der Waals surface area contributed by atoms with Gasteiger partial charge in [-0.2, -0.15) is 0 Å². The molecule has 0 fully saturated rings. The van der Waals surface area contributed by atoms with E-state index in [2.05, 4.69) is 26.0 Å². The summed E-state index contributed by atoms with van der Waals surface area (Å²) in [5.41, 5.74) is 5.21. The third-order valence-electron chi connectivity index (χ3n) is 4.53. The molecule has 0 radical (unpaired) electrons. The number of hydrogen-bond donors (Lipinski definition) is 3. The molecule has 0 saturated heterocycles. The number of carboxylic acid groups (broad SMARTS) is 1. The molecule has 0 aliphatic heterocycles. The lowest BCUT2D eigenvalue weighted by Gasteiger charge is -2.07. The molecule has 0 heterocycles. The predicted octanol–water partition coefficient (Wildman–Crippen LogP) is 6.21. The molecule has 0 rings (SSSR count). The molecule has 0 amide bonds. The van der Waals surface area contributed by atoms with Gasteiger partial charge in [0.25, 0.3) is 0 Å². The van der Waals surface area contributed by atoms with Crippen LogP contribution >= 0.6 is 0 Å². The van der Waals surface area contributed by atoms with Gasteiger partial charge >= 0.3 is 5.97 Å². The SMILES string of the molecule is CCCCCCC(O)C/C=C\CCCCCCCC(=O)O.CCCCCN. The zero-order valence-electron chi connectivity index (χ0n) is 18.1. The van der Waals surface area contributed by atoms with Crippen LogP contribution in [-0.4, -0.2) is 28.8 Å². The van der Waals surface area contributed by atoms with E-state index in [1.807, 2.05) is 0 Å². The molecule has 0 aromatic rings. The van der Waals surface area contributed by atoms with Crippen LogP contribution in [0.1, 0.15) is 117 Å². The van der Waals surface area contributed by atoms with E-state index in [1.54, 1.807) is 0 Å². The maximum absolute atomic E-state index is 10.3. The molecule has 4 N–H and O–H groups in total. The Kier molecular flexibility index (Phi) is 26.4. The van der Waals surface area contributed by atoms with Crippen LogP contribution in [0.25, 0.3) is 0 Å². The molecule has 4 nitrogen and oxygen atoms in total. The Labute approximate surface area is 168 Å². The van der Waals surface area contributed by atoms with Gasteiger partial charge in [0.15, 0.2) is 0 Å². The van der Waals surface area contributed by atoms with Crippen molar-refractivity contribution in [3.63, 3.8) is 0 Å². The fourth-order valence-corrected chi connectivity index (χ4v) is 2.76. The molecule has 162 valence electrons. The normalized spacial score (nSPS) is 12.0. The number of rotatable bonds is 18. The first-order valence-corrected chi connectivity index (χ1v) is 11.3. The number of allylic oxidation sites excluding steroid dienone is 1. The van der Waals surface area contributed by atoms with E-state index in [4.69, 9.17) is 10.8 Å². The Morgan fingerprint density at radius 1 is 0.852 bits per heavy atom. The fourth-order valence-electron chi connectivity index (χ4n) is 2.76. The summed E-state index contributed by atoms with van der Waals surface area (Å²) in [7, 11) is 0. The third-order valence-corrected chi connectivity index (χ3v) is 4.53. The smallest absolute Gasteiger partial charge is 0.303 e. The Balaban J connectivity index is 0. The van der Waals surface area contributed by atoms with Crippen LogP contribution < -0.4 is 5.73 Å². The van der Waals surface area contributed by atoms with Gasteiger partial charge in [-0.25, -0.2) is 0 Å². The Morgan fingerprint density at radius 2 is 1.44 bits per heavy atom. The zero-order valence-corrected chi connectivity index (χ0v) is 18.1. The first kappa shape index (κ1) is 28.3. The van der Waals surface area contributed by atoms with Gasteiger partial charge in [0.2, 0.25) is 0 Å². The summed E-state index contributed by atoms with van der Waals surface area (Å²) in [6.07, 6.45) is 21.1. The van der Waals surface area contributed by atoms with E-state index in [9.17, 15) is 9.90 Å². The van der Waals surface area contributed by atoms with Gasteiger partial charge in [-0.3, -0.25) is 4.79 Å². The molecule has 0 saturated carbocycles. The highest BCUT2D eigenvalue weighted by atomic mass is 16.4. The minimum absolute atomic E-state index is 0.172. The Hall–Kier alpha value is -0.870. The lowest BCUT2D eigenvalue weighted by molar-refractivity contribution is -0.137. The van der Waals surface area contributed by atoms with Crippen molar-refractivity contribution in [1.82, 2.24) is 0 Å². The number of carboxylic acids is 1. The number of hydrogen-bond acceptors (Lipinski definition) is 3. The first-order chi connectivity index (χ1) is 13.1. The fraction of sp³-hybridized carbons (Fsp3) is 0.870. The number of unbranched alkanes of at least 4 members (excludes halogenated alkanes) is 10. The van der Waals surface area contributed by atoms with Crippen LogP contribution in [0.2, 0.25) is 0 Å². The summed E-state index contributed by atoms with van der Waals surface area (Å²) in [6.45, 7) is 5.23. The standard InChI is InChI=1S/C18H34O3.C5H13N/c1-2-3-4-11-14-17(19)15-12-9-7-5-6-8-10-13-16-18(20)21;1-2-3-4-5-6/h9,12,17,19H,2-8,10-11,13-16H2,1H3,(H,20,21);2-6H2,1H3/b12-9-;. The molecule has 0 aromatic carbocycles. The Bertz CT molecular complexity index is 315. The summed E-state index contributed by atoms with van der Waals surface area (Å²) < 4.78 is 0. The molecule has 0 aromatic heterocycles. The van der Waals surface area contributed by atoms with Crippen molar-refractivity contribution in [1.29, 1.82) is 0 Å². The molecule has 0 aliphatic rings. The highest BCUT2D eigenvalue weighted by molar-refractivity contribution is 5.66. The molecule has 0 aliphatic carbocycles. The maximum Gasteiger partial charge on any atom is 0.303 e. The van der Waals surface area contributed by atoms with E-state index in [0.717, 1.165) is 57.9 Å². The van der Waals surface area contributed by atoms with E-state index in [-0.39, 0.29) is 6.10 Å². The molecule has 4 heteroatoms. The number of nitrogens with two attached hydrogens (primary N) is 1. The average Bonchev–Trinajstić information content (AvgIpc) is 2.65. The van der Waals surface area contributed by atoms with Gasteiger partial charge in [0.05, 0.1) is 6.10 Å². The molecule has 0 bridgehead atoms. The summed E-state index contributed by atoms with van der Waals surface area (Å²) >= 11 is 0. The minimum Gasteiger partial charge on any atom is -0.481 e. The molecule has 1 atom stereocenters. The van der Waals surface area contributed by atoms with E-state index in [0.29, 0.717) is 6.42 Å². The quantitative estimate of drug-likeness (QED) is 0.193. The van der Waals surface area contributed by atoms with Crippen LogP contribution in [0.15, 0.2) is 12.2 Å². The Morgan fingerprint density at radius 3 is 2.04 bits per heavy atom. The number of aliphatic hydroxyl groups is 1. The van der Waals surface area contributed by atoms with Crippen LogP contribution in [0.4, 0.5) is 0 Å². The summed E-state index contributed by atoms with van der Waals surface area (Å²) in [4.78, 5) is 10.3. The van der Waals surface area contributed by atoms with Crippen LogP contribution in [-0.2, 0) is 4.79 Å². The monoisotopic (exact) mass is 385 g/mol. The van der Waals surface area contributed by atoms with Gasteiger partial charge in [-0.15, -0.1) is 0 Å². The summed E-state index contributed by atoms with van der Waals surface area (Å²) in [5.74, 6) is -0.689. The van der Waals surface area contributed by atoms with Gasteiger partial charge in [-0.1, -0.05) is 83.8 Å². The summed E-state index contributed by atoms with van der Waals surface area (Å²) in [5, 5.41) is 18.3. The summed E-state index contributed by atoms with van der Waals surface area (Å²) in [6, 6.07) is 0. The maximum atomic E-state index is 10.3. The number of aliphatic hydroxyl groups excluding tert-OH is 1. The van der Waals surface area contributed by atoms with Gasteiger partial charge in [-0.05, 0) is 45.1 Å². The molecule has 0 spiro atoms. The first-order valence-electron chi connectivity index (χ1n) is 11.3. The van der Waals surface area contributed by atoms with Crippen LogP contribution in [0.3, 0.4) is 0 Å². The number of carbonyl (C=O) groups is 1. The lowest BCUT2D eigenvalue weighted by Crippen LogP contribution is -2.04. The second-order valence-corrected chi connectivity index (χ2v) is 7.41. The average molecular weight is 386 g/mol. The van der Waals surface area contributed by atoms with Crippen molar-refractivity contribution in [3.8, 4) is 0 Å². The topological polar surface area (TPSA) is 83.5 Å². The third kappa shape index (κ3) is 30.1. The van der Waals surface area contributed by atoms with Crippen molar-refractivity contribution in [3.05, 3.63) is 12.2 Å². The second kappa shape index (κ2) is 25.1. The van der Waals surface area contributed by atoms with Crippen molar-refractivity contribution in [2.75, 3.05) is 6.54 Å².